The molecule has 0 bridgehead atoms. The summed E-state index contributed by atoms with van der Waals surface area (Å²) < 4.78 is 0. The molecule has 18 heavy (non-hydrogen) atoms. The van der Waals surface area contributed by atoms with Crippen LogP contribution in [0.25, 0.3) is 0 Å². The maximum atomic E-state index is 12.2. The first-order chi connectivity index (χ1) is 8.45. The van der Waals surface area contributed by atoms with E-state index in [4.69, 9.17) is 10.9 Å². The molecule has 0 atom stereocenters. The zero-order chi connectivity index (χ0) is 13.7. The maximum Gasteiger partial charge on any atom is 0.254 e. The SMILES string of the molecule is CC(C)N(C/C(N)=N/O)C(=O)c1cc[nH]c(=O)c1. The topological polar surface area (TPSA) is 112 Å². The summed E-state index contributed by atoms with van der Waals surface area (Å²) >= 11 is 0. The molecule has 0 unspecified atom stereocenters. The van der Waals surface area contributed by atoms with Crippen molar-refractivity contribution in [1.82, 2.24) is 9.88 Å². The Morgan fingerprint density at radius 2 is 2.28 bits per heavy atom. The van der Waals surface area contributed by atoms with Crippen LogP contribution in [0.1, 0.15) is 24.2 Å². The molecule has 7 nitrogen and oxygen atoms in total. The van der Waals surface area contributed by atoms with Crippen molar-refractivity contribution in [2.24, 2.45) is 10.9 Å². The van der Waals surface area contributed by atoms with Crippen LogP contribution in [0.3, 0.4) is 0 Å². The van der Waals surface area contributed by atoms with Crippen LogP contribution in [-0.2, 0) is 0 Å². The highest BCUT2D eigenvalue weighted by molar-refractivity contribution is 5.97. The molecule has 0 radical (unpaired) electrons. The summed E-state index contributed by atoms with van der Waals surface area (Å²) in [6.07, 6.45) is 1.40. The third kappa shape index (κ3) is 3.34. The number of aromatic nitrogens is 1. The van der Waals surface area contributed by atoms with E-state index in [0.717, 1.165) is 0 Å². The van der Waals surface area contributed by atoms with Gasteiger partial charge in [-0.25, -0.2) is 0 Å². The molecule has 0 aliphatic heterocycles. The number of oxime groups is 1. The van der Waals surface area contributed by atoms with Gasteiger partial charge in [0, 0.05) is 23.9 Å². The Hall–Kier alpha value is -2.31. The lowest BCUT2D eigenvalue weighted by Gasteiger charge is -2.26. The van der Waals surface area contributed by atoms with Crippen LogP contribution in [0.4, 0.5) is 0 Å². The average Bonchev–Trinajstić information content (AvgIpc) is 2.34. The Labute approximate surface area is 104 Å². The summed E-state index contributed by atoms with van der Waals surface area (Å²) in [6.45, 7) is 3.60. The number of amidine groups is 1. The molecule has 98 valence electrons. The van der Waals surface area contributed by atoms with Crippen LogP contribution in [-0.4, -0.2) is 39.4 Å². The smallest absolute Gasteiger partial charge is 0.254 e. The first-order valence-corrected chi connectivity index (χ1v) is 5.41. The van der Waals surface area contributed by atoms with Gasteiger partial charge in [-0.1, -0.05) is 5.16 Å². The molecule has 1 aromatic rings. The Kier molecular flexibility index (Phi) is 4.47. The number of amides is 1. The number of nitrogens with two attached hydrogens (primary N) is 1. The second-order valence-electron chi connectivity index (χ2n) is 4.06. The molecular weight excluding hydrogens is 236 g/mol. The van der Waals surface area contributed by atoms with Crippen molar-refractivity contribution >= 4 is 11.7 Å². The Balaban J connectivity index is 3.00. The van der Waals surface area contributed by atoms with E-state index in [2.05, 4.69) is 10.1 Å². The Morgan fingerprint density at radius 3 is 2.78 bits per heavy atom. The zero-order valence-electron chi connectivity index (χ0n) is 10.3. The van der Waals surface area contributed by atoms with Crippen molar-refractivity contribution in [3.05, 3.63) is 34.2 Å². The minimum Gasteiger partial charge on any atom is -0.409 e. The largest absolute Gasteiger partial charge is 0.409 e. The molecule has 1 heterocycles. The summed E-state index contributed by atoms with van der Waals surface area (Å²) in [7, 11) is 0. The highest BCUT2D eigenvalue weighted by atomic mass is 16.4. The number of carbonyl (C=O) groups is 1. The molecule has 1 amide bonds. The lowest BCUT2D eigenvalue weighted by atomic mass is 10.2. The lowest BCUT2D eigenvalue weighted by Crippen LogP contribution is -2.43. The van der Waals surface area contributed by atoms with Crippen molar-refractivity contribution in [2.45, 2.75) is 19.9 Å². The van der Waals surface area contributed by atoms with E-state index in [1.807, 2.05) is 0 Å². The van der Waals surface area contributed by atoms with Gasteiger partial charge in [0.2, 0.25) is 5.56 Å². The van der Waals surface area contributed by atoms with Crippen LogP contribution in [0.2, 0.25) is 0 Å². The summed E-state index contributed by atoms with van der Waals surface area (Å²) in [5.74, 6) is -0.412. The van der Waals surface area contributed by atoms with Crippen LogP contribution in [0.5, 0.6) is 0 Å². The van der Waals surface area contributed by atoms with Gasteiger partial charge in [-0.2, -0.15) is 0 Å². The number of rotatable bonds is 4. The summed E-state index contributed by atoms with van der Waals surface area (Å²) in [5, 5.41) is 11.4. The molecule has 4 N–H and O–H groups in total. The quantitative estimate of drug-likeness (QED) is 0.302. The maximum absolute atomic E-state index is 12.2. The number of hydrogen-bond acceptors (Lipinski definition) is 4. The number of pyridine rings is 1. The fourth-order valence-electron chi connectivity index (χ4n) is 1.44. The van der Waals surface area contributed by atoms with Gasteiger partial charge in [0.05, 0.1) is 6.54 Å². The standard InChI is InChI=1S/C11H16N4O3/c1-7(2)15(6-9(12)14-18)11(17)8-3-4-13-10(16)5-8/h3-5,7,18H,6H2,1-2H3,(H2,12,14)(H,13,16). The molecule has 0 aliphatic rings. The number of hydrogen-bond donors (Lipinski definition) is 3. The van der Waals surface area contributed by atoms with Gasteiger partial charge in [0.15, 0.2) is 5.84 Å². The monoisotopic (exact) mass is 252 g/mol. The zero-order valence-corrected chi connectivity index (χ0v) is 10.3. The minimum atomic E-state index is -0.353. The van der Waals surface area contributed by atoms with Gasteiger partial charge >= 0.3 is 0 Å². The summed E-state index contributed by atoms with van der Waals surface area (Å²) in [5.41, 5.74) is 5.30. The second kappa shape index (κ2) is 5.85. The third-order valence-corrected chi connectivity index (χ3v) is 2.37. The molecule has 0 fully saturated rings. The molecule has 0 saturated heterocycles. The van der Waals surface area contributed by atoms with Crippen LogP contribution >= 0.6 is 0 Å². The van der Waals surface area contributed by atoms with E-state index >= 15 is 0 Å². The highest BCUT2D eigenvalue weighted by Gasteiger charge is 2.20. The number of nitrogens with zero attached hydrogens (tertiary/aromatic N) is 2. The van der Waals surface area contributed by atoms with Gasteiger partial charge in [-0.3, -0.25) is 9.59 Å². The average molecular weight is 252 g/mol. The fraction of sp³-hybridized carbons (Fsp3) is 0.364. The molecule has 0 aromatic carbocycles. The van der Waals surface area contributed by atoms with Crippen molar-refractivity contribution < 1.29 is 10.0 Å². The number of aromatic amines is 1. The minimum absolute atomic E-state index is 0.000199. The molecule has 7 heteroatoms. The van der Waals surface area contributed by atoms with Gasteiger partial charge in [-0.15, -0.1) is 0 Å². The number of nitrogens with one attached hydrogen (secondary N) is 1. The van der Waals surface area contributed by atoms with Crippen molar-refractivity contribution in [1.29, 1.82) is 0 Å². The molecule has 0 aliphatic carbocycles. The van der Waals surface area contributed by atoms with E-state index in [1.165, 1.54) is 23.2 Å². The van der Waals surface area contributed by atoms with E-state index in [1.54, 1.807) is 13.8 Å². The first-order valence-electron chi connectivity index (χ1n) is 5.41. The van der Waals surface area contributed by atoms with E-state index in [9.17, 15) is 9.59 Å². The summed E-state index contributed by atoms with van der Waals surface area (Å²) in [4.78, 5) is 27.2. The van der Waals surface area contributed by atoms with Crippen molar-refractivity contribution in [3.8, 4) is 0 Å². The Morgan fingerprint density at radius 1 is 1.61 bits per heavy atom. The van der Waals surface area contributed by atoms with Gasteiger partial charge in [0.25, 0.3) is 5.91 Å². The van der Waals surface area contributed by atoms with Crippen molar-refractivity contribution in [2.75, 3.05) is 6.54 Å². The van der Waals surface area contributed by atoms with E-state index < -0.39 is 0 Å². The number of carbonyl (C=O) groups excluding carboxylic acids is 1. The van der Waals surface area contributed by atoms with Gasteiger partial charge in [0.1, 0.15) is 0 Å². The summed E-state index contributed by atoms with van der Waals surface area (Å²) in [6, 6.07) is 2.58. The molecule has 0 saturated carbocycles. The Bertz CT molecular complexity index is 507. The van der Waals surface area contributed by atoms with E-state index in [0.29, 0.717) is 0 Å². The van der Waals surface area contributed by atoms with Gasteiger partial charge in [-0.05, 0) is 19.9 Å². The molecular formula is C11H16N4O3. The van der Waals surface area contributed by atoms with Crippen LogP contribution in [0.15, 0.2) is 28.3 Å². The molecule has 0 spiro atoms. The first kappa shape index (κ1) is 13.8. The number of H-pyrrole nitrogens is 1. The van der Waals surface area contributed by atoms with Gasteiger partial charge < -0.3 is 20.8 Å². The predicted molar refractivity (Wildman–Crippen MR) is 66.6 cm³/mol. The fourth-order valence-corrected chi connectivity index (χ4v) is 1.44. The normalized spacial score (nSPS) is 11.6. The van der Waals surface area contributed by atoms with Crippen LogP contribution < -0.4 is 11.3 Å². The third-order valence-electron chi connectivity index (χ3n) is 2.37. The molecule has 1 rings (SSSR count). The van der Waals surface area contributed by atoms with E-state index in [-0.39, 0.29) is 35.5 Å². The lowest BCUT2D eigenvalue weighted by molar-refractivity contribution is 0.0734. The second-order valence-corrected chi connectivity index (χ2v) is 4.06. The van der Waals surface area contributed by atoms with Crippen molar-refractivity contribution in [3.63, 3.8) is 0 Å². The molecule has 1 aromatic heterocycles. The van der Waals surface area contributed by atoms with Crippen LogP contribution in [0, 0.1) is 0 Å². The highest BCUT2D eigenvalue weighted by Crippen LogP contribution is 2.06. The predicted octanol–water partition coefficient (Wildman–Crippen LogP) is -0.0281.